The summed E-state index contributed by atoms with van der Waals surface area (Å²) in [6.07, 6.45) is 8.13. The van der Waals surface area contributed by atoms with Gasteiger partial charge in [-0.3, -0.25) is 0 Å². The standard InChI is InChI=1S/C27H23F3/c1-2-6-21-13-16-24(27(30)26(21)29)20-11-9-18(10-12-20)22-14-15-23(25(28)17-22)19-7-4-3-5-8-19/h2,7,9-17H,1,3-6,8H2. The molecule has 0 radical (unpaired) electrons. The van der Waals surface area contributed by atoms with Crippen LogP contribution in [0.4, 0.5) is 13.2 Å². The van der Waals surface area contributed by atoms with Gasteiger partial charge in [0.15, 0.2) is 11.6 Å². The fraction of sp³-hybridized carbons (Fsp3) is 0.185. The van der Waals surface area contributed by atoms with E-state index in [9.17, 15) is 13.2 Å². The van der Waals surface area contributed by atoms with E-state index in [-0.39, 0.29) is 23.4 Å². The summed E-state index contributed by atoms with van der Waals surface area (Å²) in [5, 5.41) is 0. The lowest BCUT2D eigenvalue weighted by atomic mass is 9.92. The van der Waals surface area contributed by atoms with Crippen LogP contribution in [0.5, 0.6) is 0 Å². The molecule has 0 saturated carbocycles. The lowest BCUT2D eigenvalue weighted by Crippen LogP contribution is -1.96. The Morgan fingerprint density at radius 3 is 2.13 bits per heavy atom. The SMILES string of the molecule is C=CCc1ccc(-c2ccc(-c3ccc(C4=CCCCC4)c(F)c3)cc2)c(F)c1F. The van der Waals surface area contributed by atoms with Gasteiger partial charge in [-0.25, -0.2) is 13.2 Å². The second kappa shape index (κ2) is 8.74. The largest absolute Gasteiger partial charge is 0.206 e. The quantitative estimate of drug-likeness (QED) is 0.377. The van der Waals surface area contributed by atoms with Crippen molar-refractivity contribution in [1.29, 1.82) is 0 Å². The molecule has 0 spiro atoms. The van der Waals surface area contributed by atoms with Crippen LogP contribution in [0.1, 0.15) is 36.8 Å². The summed E-state index contributed by atoms with van der Waals surface area (Å²) in [6, 6.07) is 15.5. The fourth-order valence-corrected chi connectivity index (χ4v) is 4.01. The third kappa shape index (κ3) is 3.97. The highest BCUT2D eigenvalue weighted by molar-refractivity contribution is 5.74. The zero-order valence-corrected chi connectivity index (χ0v) is 16.7. The minimum atomic E-state index is -0.863. The molecular formula is C27H23F3. The smallest absolute Gasteiger partial charge is 0.166 e. The van der Waals surface area contributed by atoms with Gasteiger partial charge in [0.25, 0.3) is 0 Å². The highest BCUT2D eigenvalue weighted by atomic mass is 19.2. The fourth-order valence-electron chi connectivity index (χ4n) is 4.01. The van der Waals surface area contributed by atoms with Crippen molar-refractivity contribution in [3.05, 3.63) is 102 Å². The third-order valence-electron chi connectivity index (χ3n) is 5.66. The first-order valence-electron chi connectivity index (χ1n) is 10.3. The molecule has 152 valence electrons. The van der Waals surface area contributed by atoms with E-state index in [0.29, 0.717) is 11.1 Å². The molecule has 0 nitrogen and oxygen atoms in total. The predicted molar refractivity (Wildman–Crippen MR) is 118 cm³/mol. The molecule has 0 heterocycles. The van der Waals surface area contributed by atoms with E-state index < -0.39 is 11.6 Å². The summed E-state index contributed by atoms with van der Waals surface area (Å²) in [4.78, 5) is 0. The minimum Gasteiger partial charge on any atom is -0.206 e. The molecule has 0 aromatic heterocycles. The van der Waals surface area contributed by atoms with Gasteiger partial charge in [0.2, 0.25) is 0 Å². The average molecular weight is 404 g/mol. The summed E-state index contributed by atoms with van der Waals surface area (Å²) in [6.45, 7) is 3.56. The molecule has 0 bridgehead atoms. The lowest BCUT2D eigenvalue weighted by molar-refractivity contribution is 0.503. The molecule has 0 fully saturated rings. The van der Waals surface area contributed by atoms with Crippen LogP contribution in [0.2, 0.25) is 0 Å². The highest BCUT2D eigenvalue weighted by Crippen LogP contribution is 2.32. The first-order valence-corrected chi connectivity index (χ1v) is 10.3. The van der Waals surface area contributed by atoms with Gasteiger partial charge in [0.1, 0.15) is 5.82 Å². The average Bonchev–Trinajstić information content (AvgIpc) is 2.78. The van der Waals surface area contributed by atoms with Crippen molar-refractivity contribution in [2.24, 2.45) is 0 Å². The van der Waals surface area contributed by atoms with Gasteiger partial charge in [-0.05, 0) is 66.0 Å². The molecule has 0 N–H and O–H groups in total. The van der Waals surface area contributed by atoms with Crippen LogP contribution in [-0.4, -0.2) is 0 Å². The van der Waals surface area contributed by atoms with Crippen LogP contribution in [0.25, 0.3) is 27.8 Å². The summed E-state index contributed by atoms with van der Waals surface area (Å²) in [5.41, 5.74) is 4.40. The van der Waals surface area contributed by atoms with Gasteiger partial charge in [0, 0.05) is 11.1 Å². The van der Waals surface area contributed by atoms with Crippen molar-refractivity contribution in [3.8, 4) is 22.3 Å². The molecule has 0 saturated heterocycles. The van der Waals surface area contributed by atoms with E-state index >= 15 is 0 Å². The highest BCUT2D eigenvalue weighted by Gasteiger charge is 2.15. The molecule has 1 aliphatic rings. The van der Waals surface area contributed by atoms with Crippen molar-refractivity contribution < 1.29 is 13.2 Å². The summed E-state index contributed by atoms with van der Waals surface area (Å²) in [7, 11) is 0. The Hall–Kier alpha value is -3.07. The molecule has 0 amide bonds. The first kappa shape index (κ1) is 20.2. The van der Waals surface area contributed by atoms with Gasteiger partial charge in [-0.2, -0.15) is 0 Å². The Bertz CT molecular complexity index is 1110. The predicted octanol–water partition coefficient (Wildman–Crippen LogP) is 8.12. The Balaban J connectivity index is 1.61. The van der Waals surface area contributed by atoms with Crippen LogP contribution in [-0.2, 0) is 6.42 Å². The summed E-state index contributed by atoms with van der Waals surface area (Å²) in [5.74, 6) is -1.93. The number of rotatable bonds is 5. The monoisotopic (exact) mass is 404 g/mol. The molecule has 0 unspecified atom stereocenters. The second-order valence-corrected chi connectivity index (χ2v) is 7.64. The van der Waals surface area contributed by atoms with Crippen LogP contribution >= 0.6 is 0 Å². The maximum absolute atomic E-state index is 14.7. The van der Waals surface area contributed by atoms with Crippen molar-refractivity contribution in [2.75, 3.05) is 0 Å². The Kier molecular flexibility index (Phi) is 5.89. The maximum Gasteiger partial charge on any atom is 0.166 e. The topological polar surface area (TPSA) is 0 Å². The molecule has 3 heteroatoms. The molecule has 4 rings (SSSR count). The molecule has 3 aromatic rings. The zero-order valence-electron chi connectivity index (χ0n) is 16.7. The van der Waals surface area contributed by atoms with Crippen LogP contribution in [0.15, 0.2) is 73.3 Å². The Labute approximate surface area is 175 Å². The van der Waals surface area contributed by atoms with Gasteiger partial charge >= 0.3 is 0 Å². The van der Waals surface area contributed by atoms with E-state index in [2.05, 4.69) is 12.7 Å². The first-order chi connectivity index (χ1) is 14.6. The van der Waals surface area contributed by atoms with Crippen LogP contribution in [0.3, 0.4) is 0 Å². The number of allylic oxidation sites excluding steroid dienone is 3. The van der Waals surface area contributed by atoms with Crippen molar-refractivity contribution in [3.63, 3.8) is 0 Å². The van der Waals surface area contributed by atoms with E-state index in [0.717, 1.165) is 42.4 Å². The normalized spacial score (nSPS) is 13.8. The van der Waals surface area contributed by atoms with E-state index in [4.69, 9.17) is 0 Å². The molecule has 1 aliphatic carbocycles. The lowest BCUT2D eigenvalue weighted by Gasteiger charge is -2.14. The Morgan fingerprint density at radius 1 is 0.767 bits per heavy atom. The Morgan fingerprint density at radius 2 is 1.47 bits per heavy atom. The number of halogens is 3. The van der Waals surface area contributed by atoms with E-state index in [1.54, 1.807) is 48.5 Å². The summed E-state index contributed by atoms with van der Waals surface area (Å²) < 4.78 is 43.5. The van der Waals surface area contributed by atoms with Gasteiger partial charge in [0.05, 0.1) is 0 Å². The maximum atomic E-state index is 14.7. The van der Waals surface area contributed by atoms with Gasteiger partial charge in [-0.15, -0.1) is 6.58 Å². The van der Waals surface area contributed by atoms with Gasteiger partial charge in [-0.1, -0.05) is 60.7 Å². The third-order valence-corrected chi connectivity index (χ3v) is 5.66. The van der Waals surface area contributed by atoms with Gasteiger partial charge < -0.3 is 0 Å². The van der Waals surface area contributed by atoms with E-state index in [1.807, 2.05) is 12.1 Å². The second-order valence-electron chi connectivity index (χ2n) is 7.64. The van der Waals surface area contributed by atoms with Crippen molar-refractivity contribution >= 4 is 5.57 Å². The van der Waals surface area contributed by atoms with Crippen LogP contribution in [0, 0.1) is 17.5 Å². The van der Waals surface area contributed by atoms with Crippen molar-refractivity contribution in [1.82, 2.24) is 0 Å². The van der Waals surface area contributed by atoms with Crippen LogP contribution < -0.4 is 0 Å². The number of benzene rings is 3. The zero-order chi connectivity index (χ0) is 21.1. The molecule has 3 aromatic carbocycles. The molecule has 0 atom stereocenters. The molecular weight excluding hydrogens is 381 g/mol. The molecule has 0 aliphatic heterocycles. The summed E-state index contributed by atoms with van der Waals surface area (Å²) >= 11 is 0. The van der Waals surface area contributed by atoms with E-state index in [1.165, 1.54) is 0 Å². The number of hydrogen-bond acceptors (Lipinski definition) is 0. The molecule has 30 heavy (non-hydrogen) atoms. The van der Waals surface area contributed by atoms with Crippen molar-refractivity contribution in [2.45, 2.75) is 32.1 Å². The minimum absolute atomic E-state index is 0.206. The number of hydrogen-bond donors (Lipinski definition) is 0.